The molecule has 0 aliphatic rings. The van der Waals surface area contributed by atoms with E-state index >= 15 is 0 Å². The van der Waals surface area contributed by atoms with Crippen LogP contribution in [0.4, 0.5) is 14.5 Å². The Morgan fingerprint density at radius 3 is 2.42 bits per heavy atom. The third-order valence-electron chi connectivity index (χ3n) is 5.75. The zero-order valence-electron chi connectivity index (χ0n) is 18.3. The lowest BCUT2D eigenvalue weighted by Crippen LogP contribution is -2.20. The third kappa shape index (κ3) is 4.09. The van der Waals surface area contributed by atoms with Crippen molar-refractivity contribution in [1.29, 1.82) is 0 Å². The Labute approximate surface area is 188 Å². The van der Waals surface area contributed by atoms with E-state index in [1.54, 1.807) is 37.4 Å². The molecule has 168 valence electrons. The number of benzene rings is 3. The van der Waals surface area contributed by atoms with E-state index in [0.717, 1.165) is 23.3 Å². The normalized spacial score (nSPS) is 12.0. The van der Waals surface area contributed by atoms with Gasteiger partial charge in [0.25, 0.3) is 5.56 Å². The Morgan fingerprint density at radius 1 is 1.00 bits per heavy atom. The summed E-state index contributed by atoms with van der Waals surface area (Å²) in [7, 11) is 1.59. The van der Waals surface area contributed by atoms with Gasteiger partial charge in [0.2, 0.25) is 0 Å². The minimum absolute atomic E-state index is 0.139. The number of carboxylic acid groups (broad SMARTS) is 1. The number of hydrogen-bond acceptors (Lipinski definition) is 3. The van der Waals surface area contributed by atoms with Gasteiger partial charge in [-0.3, -0.25) is 4.79 Å². The molecule has 0 bridgehead atoms. The molecule has 0 aliphatic heterocycles. The summed E-state index contributed by atoms with van der Waals surface area (Å²) in [6, 6.07) is 15.3. The fraction of sp³-hybridized carbons (Fsp3) is 0.154. The number of nitrogens with zero attached hydrogens (tertiary/aromatic N) is 1. The quantitative estimate of drug-likeness (QED) is 0.413. The van der Waals surface area contributed by atoms with Gasteiger partial charge in [0.1, 0.15) is 0 Å². The molecule has 5 nitrogen and oxygen atoms in total. The summed E-state index contributed by atoms with van der Waals surface area (Å²) in [5, 5.41) is 13.9. The standard InChI is InChI=1S/C26H22F2N2O3/c1-14-10-18(15(2)29-23-7-5-4-6-17(23)26(32)33)19-13-24(30(3)25(31)20(19)11-14)16-8-9-21(27)22(28)12-16/h4-13,15,29H,1-3H3,(H,32,33). The van der Waals surface area contributed by atoms with E-state index in [1.165, 1.54) is 16.7 Å². The summed E-state index contributed by atoms with van der Waals surface area (Å²) < 4.78 is 28.8. The van der Waals surface area contributed by atoms with Gasteiger partial charge >= 0.3 is 5.97 Å². The van der Waals surface area contributed by atoms with Crippen LogP contribution in [-0.4, -0.2) is 15.6 Å². The minimum atomic E-state index is -1.05. The lowest BCUT2D eigenvalue weighted by atomic mass is 9.95. The van der Waals surface area contributed by atoms with Crippen LogP contribution < -0.4 is 10.9 Å². The van der Waals surface area contributed by atoms with Crippen LogP contribution in [0.2, 0.25) is 0 Å². The highest BCUT2D eigenvalue weighted by Gasteiger charge is 2.18. The highest BCUT2D eigenvalue weighted by Crippen LogP contribution is 2.31. The lowest BCUT2D eigenvalue weighted by Gasteiger charge is -2.21. The Kier molecular flexibility index (Phi) is 5.72. The van der Waals surface area contributed by atoms with Gasteiger partial charge in [-0.25, -0.2) is 13.6 Å². The first-order valence-corrected chi connectivity index (χ1v) is 10.4. The van der Waals surface area contributed by atoms with Crippen LogP contribution in [0.3, 0.4) is 0 Å². The SMILES string of the molecule is Cc1cc(C(C)Nc2ccccc2C(=O)O)c2cc(-c3ccc(F)c(F)c3)n(C)c(=O)c2c1. The van der Waals surface area contributed by atoms with E-state index < -0.39 is 17.6 Å². The fourth-order valence-corrected chi connectivity index (χ4v) is 4.08. The van der Waals surface area contributed by atoms with E-state index in [2.05, 4.69) is 5.32 Å². The van der Waals surface area contributed by atoms with Gasteiger partial charge in [0.15, 0.2) is 11.6 Å². The van der Waals surface area contributed by atoms with Gasteiger partial charge in [-0.1, -0.05) is 18.2 Å². The van der Waals surface area contributed by atoms with Crippen LogP contribution in [0.25, 0.3) is 22.0 Å². The van der Waals surface area contributed by atoms with Gasteiger partial charge < -0.3 is 15.0 Å². The fourth-order valence-electron chi connectivity index (χ4n) is 4.08. The number of pyridine rings is 1. The van der Waals surface area contributed by atoms with E-state index in [9.17, 15) is 23.5 Å². The van der Waals surface area contributed by atoms with E-state index in [0.29, 0.717) is 27.7 Å². The Hall–Kier alpha value is -4.00. The summed E-state index contributed by atoms with van der Waals surface area (Å²) in [5.41, 5.74) is 2.79. The smallest absolute Gasteiger partial charge is 0.337 e. The van der Waals surface area contributed by atoms with Crippen molar-refractivity contribution >= 4 is 22.4 Å². The number of fused-ring (bicyclic) bond motifs is 1. The Bertz CT molecular complexity index is 1460. The number of carbonyl (C=O) groups is 1. The number of rotatable bonds is 5. The maximum atomic E-state index is 13.9. The second-order valence-electron chi connectivity index (χ2n) is 8.05. The zero-order valence-corrected chi connectivity index (χ0v) is 18.3. The maximum absolute atomic E-state index is 13.9. The molecule has 3 aromatic carbocycles. The molecule has 0 fully saturated rings. The van der Waals surface area contributed by atoms with Crippen molar-refractivity contribution in [2.75, 3.05) is 5.32 Å². The maximum Gasteiger partial charge on any atom is 0.337 e. The molecule has 4 rings (SSSR count). The van der Waals surface area contributed by atoms with Gasteiger partial charge in [-0.15, -0.1) is 0 Å². The first-order valence-electron chi connectivity index (χ1n) is 10.4. The average Bonchev–Trinajstić information content (AvgIpc) is 2.78. The number of aromatic nitrogens is 1. The molecule has 1 unspecified atom stereocenters. The number of carboxylic acids is 1. The van der Waals surface area contributed by atoms with Crippen LogP contribution >= 0.6 is 0 Å². The predicted octanol–water partition coefficient (Wildman–Crippen LogP) is 5.66. The largest absolute Gasteiger partial charge is 0.478 e. The number of halogens is 2. The molecule has 33 heavy (non-hydrogen) atoms. The first-order chi connectivity index (χ1) is 15.7. The molecule has 0 radical (unpaired) electrons. The number of nitrogens with one attached hydrogen (secondary N) is 1. The van der Waals surface area contributed by atoms with Crippen molar-refractivity contribution in [3.8, 4) is 11.3 Å². The van der Waals surface area contributed by atoms with Gasteiger partial charge in [-0.2, -0.15) is 0 Å². The summed E-state index contributed by atoms with van der Waals surface area (Å²) in [4.78, 5) is 24.8. The van der Waals surface area contributed by atoms with Crippen molar-refractivity contribution in [2.45, 2.75) is 19.9 Å². The van der Waals surface area contributed by atoms with E-state index in [-0.39, 0.29) is 17.2 Å². The Morgan fingerprint density at radius 2 is 1.73 bits per heavy atom. The zero-order chi connectivity index (χ0) is 23.9. The monoisotopic (exact) mass is 448 g/mol. The van der Waals surface area contributed by atoms with Crippen molar-refractivity contribution in [3.63, 3.8) is 0 Å². The molecule has 2 N–H and O–H groups in total. The van der Waals surface area contributed by atoms with Gasteiger partial charge in [0.05, 0.1) is 11.3 Å². The number of aromatic carboxylic acids is 1. The molecule has 0 saturated heterocycles. The van der Waals surface area contributed by atoms with Crippen molar-refractivity contribution in [3.05, 3.63) is 99.3 Å². The molecular weight excluding hydrogens is 426 g/mol. The lowest BCUT2D eigenvalue weighted by molar-refractivity contribution is 0.0698. The average molecular weight is 448 g/mol. The summed E-state index contributed by atoms with van der Waals surface area (Å²) in [6.07, 6.45) is 0. The summed E-state index contributed by atoms with van der Waals surface area (Å²) in [6.45, 7) is 3.76. The van der Waals surface area contributed by atoms with Gasteiger partial charge in [0, 0.05) is 29.7 Å². The first kappa shape index (κ1) is 22.2. The molecule has 4 aromatic rings. The van der Waals surface area contributed by atoms with E-state index in [4.69, 9.17) is 0 Å². The van der Waals surface area contributed by atoms with Crippen LogP contribution in [-0.2, 0) is 7.05 Å². The van der Waals surface area contributed by atoms with Crippen LogP contribution in [0.5, 0.6) is 0 Å². The molecule has 1 aromatic heterocycles. The summed E-state index contributed by atoms with van der Waals surface area (Å²) in [5.74, 6) is -3.01. The van der Waals surface area contributed by atoms with Crippen LogP contribution in [0.1, 0.15) is 34.5 Å². The van der Waals surface area contributed by atoms with Crippen molar-refractivity contribution < 1.29 is 18.7 Å². The summed E-state index contributed by atoms with van der Waals surface area (Å²) >= 11 is 0. The third-order valence-corrected chi connectivity index (χ3v) is 5.75. The highest BCUT2D eigenvalue weighted by atomic mass is 19.2. The van der Waals surface area contributed by atoms with Gasteiger partial charge in [-0.05, 0) is 72.8 Å². The highest BCUT2D eigenvalue weighted by molar-refractivity contribution is 5.94. The number of anilines is 1. The van der Waals surface area contributed by atoms with Crippen LogP contribution in [0.15, 0.2) is 65.5 Å². The topological polar surface area (TPSA) is 71.3 Å². The second kappa shape index (κ2) is 8.50. The molecule has 1 heterocycles. The van der Waals surface area contributed by atoms with E-state index in [1.807, 2.05) is 19.9 Å². The van der Waals surface area contributed by atoms with Crippen LogP contribution in [0, 0.1) is 18.6 Å². The molecule has 0 spiro atoms. The molecule has 7 heteroatoms. The molecule has 0 aliphatic carbocycles. The number of hydrogen-bond donors (Lipinski definition) is 2. The predicted molar refractivity (Wildman–Crippen MR) is 125 cm³/mol. The number of para-hydroxylation sites is 1. The molecule has 0 saturated carbocycles. The minimum Gasteiger partial charge on any atom is -0.478 e. The molecular formula is C26H22F2N2O3. The molecule has 0 amide bonds. The van der Waals surface area contributed by atoms with Crippen molar-refractivity contribution in [2.24, 2.45) is 7.05 Å². The van der Waals surface area contributed by atoms with Crippen molar-refractivity contribution in [1.82, 2.24) is 4.57 Å². The number of aryl methyl sites for hydroxylation is 1. The second-order valence-corrected chi connectivity index (χ2v) is 8.05. The molecule has 1 atom stereocenters. The Balaban J connectivity index is 1.90.